The number of nitrogens with zero attached hydrogens (tertiary/aromatic N) is 1. The van der Waals surface area contributed by atoms with E-state index in [1.807, 2.05) is 55.5 Å². The summed E-state index contributed by atoms with van der Waals surface area (Å²) in [5.74, 6) is 1.13. The van der Waals surface area contributed by atoms with E-state index < -0.39 is 0 Å². The second-order valence-corrected chi connectivity index (χ2v) is 7.84. The van der Waals surface area contributed by atoms with Gasteiger partial charge in [0, 0.05) is 4.47 Å². The summed E-state index contributed by atoms with van der Waals surface area (Å²) in [7, 11) is 1.59. The fraction of sp³-hybridized carbons (Fsp3) is 0.158. The van der Waals surface area contributed by atoms with E-state index in [1.165, 1.54) is 11.8 Å². The summed E-state index contributed by atoms with van der Waals surface area (Å²) in [6.07, 6.45) is 1.81. The first kappa shape index (κ1) is 18.9. The highest BCUT2D eigenvalue weighted by Gasteiger charge is 2.33. The van der Waals surface area contributed by atoms with Gasteiger partial charge in [-0.2, -0.15) is 0 Å². The van der Waals surface area contributed by atoms with Gasteiger partial charge in [0.15, 0.2) is 15.8 Å². The van der Waals surface area contributed by atoms with Gasteiger partial charge in [-0.3, -0.25) is 9.69 Å². The number of hydrogen-bond donors (Lipinski definition) is 0. The van der Waals surface area contributed by atoms with Crippen LogP contribution in [0.15, 0.2) is 51.8 Å². The van der Waals surface area contributed by atoms with Gasteiger partial charge < -0.3 is 9.47 Å². The van der Waals surface area contributed by atoms with Crippen molar-refractivity contribution < 1.29 is 14.3 Å². The van der Waals surface area contributed by atoms with Crippen molar-refractivity contribution in [2.75, 3.05) is 18.6 Å². The number of methoxy groups -OCH3 is 1. The third-order valence-electron chi connectivity index (χ3n) is 3.68. The van der Waals surface area contributed by atoms with Crippen LogP contribution in [0.5, 0.6) is 11.5 Å². The Hall–Kier alpha value is -1.83. The smallest absolute Gasteiger partial charge is 0.270 e. The summed E-state index contributed by atoms with van der Waals surface area (Å²) in [5.41, 5.74) is 1.59. The molecule has 4 nitrogen and oxygen atoms in total. The normalized spacial score (nSPS) is 15.7. The Morgan fingerprint density at radius 2 is 1.96 bits per heavy atom. The van der Waals surface area contributed by atoms with E-state index in [1.54, 1.807) is 12.0 Å². The van der Waals surface area contributed by atoms with Crippen molar-refractivity contribution in [3.63, 3.8) is 0 Å². The molecule has 0 saturated carbocycles. The van der Waals surface area contributed by atoms with E-state index >= 15 is 0 Å². The average Bonchev–Trinajstić information content (AvgIpc) is 2.92. The van der Waals surface area contributed by atoms with E-state index in [2.05, 4.69) is 15.9 Å². The predicted octanol–water partition coefficient (Wildman–Crippen LogP) is 5.26. The molecule has 0 bridgehead atoms. The summed E-state index contributed by atoms with van der Waals surface area (Å²) in [6, 6.07) is 13.1. The summed E-state index contributed by atoms with van der Waals surface area (Å²) < 4.78 is 12.3. The summed E-state index contributed by atoms with van der Waals surface area (Å²) in [4.78, 5) is 15.0. The van der Waals surface area contributed by atoms with Crippen molar-refractivity contribution >= 4 is 61.9 Å². The molecule has 26 heavy (non-hydrogen) atoms. The molecule has 1 fully saturated rings. The number of thiocarbonyl (C=S) groups is 1. The number of carbonyl (C=O) groups is 1. The zero-order valence-electron chi connectivity index (χ0n) is 14.2. The number of carbonyl (C=O) groups excluding carboxylic acids is 1. The Morgan fingerprint density at radius 3 is 2.62 bits per heavy atom. The van der Waals surface area contributed by atoms with E-state index in [-0.39, 0.29) is 5.91 Å². The van der Waals surface area contributed by atoms with E-state index in [0.29, 0.717) is 27.3 Å². The van der Waals surface area contributed by atoms with Crippen LogP contribution in [-0.4, -0.2) is 23.9 Å². The highest BCUT2D eigenvalue weighted by atomic mass is 79.9. The van der Waals surface area contributed by atoms with E-state index in [4.69, 9.17) is 21.7 Å². The lowest BCUT2D eigenvalue weighted by Crippen LogP contribution is -2.27. The van der Waals surface area contributed by atoms with Crippen molar-refractivity contribution in [3.05, 3.63) is 57.4 Å². The highest BCUT2D eigenvalue weighted by molar-refractivity contribution is 9.10. The molecule has 134 valence electrons. The standard InChI is InChI=1S/C19H16BrNO3S2/c1-3-24-16-9-12(14(20)11-15(16)23-2)10-17-18(22)21(19(25)26-17)13-7-5-4-6-8-13/h4-11H,3H2,1-2H3/b17-10+. The number of anilines is 1. The molecule has 0 unspecified atom stereocenters. The molecule has 1 amide bonds. The SMILES string of the molecule is CCOc1cc(/C=C2/SC(=S)N(c3ccccc3)C2=O)c(Br)cc1OC. The molecule has 2 aromatic carbocycles. The molecular formula is C19H16BrNO3S2. The van der Waals surface area contributed by atoms with E-state index in [9.17, 15) is 4.79 Å². The first-order valence-corrected chi connectivity index (χ1v) is 9.90. The monoisotopic (exact) mass is 449 g/mol. The lowest BCUT2D eigenvalue weighted by molar-refractivity contribution is -0.113. The van der Waals surface area contributed by atoms with Crippen molar-refractivity contribution in [2.24, 2.45) is 0 Å². The van der Waals surface area contributed by atoms with Gasteiger partial charge >= 0.3 is 0 Å². The van der Waals surface area contributed by atoms with Gasteiger partial charge in [-0.15, -0.1) is 0 Å². The topological polar surface area (TPSA) is 38.8 Å². The molecule has 1 heterocycles. The van der Waals surface area contributed by atoms with Crippen LogP contribution in [0.4, 0.5) is 5.69 Å². The van der Waals surface area contributed by atoms with E-state index in [0.717, 1.165) is 15.7 Å². The van der Waals surface area contributed by atoms with Crippen LogP contribution in [-0.2, 0) is 4.79 Å². The highest BCUT2D eigenvalue weighted by Crippen LogP contribution is 2.39. The number of para-hydroxylation sites is 1. The van der Waals surface area contributed by atoms with Gasteiger partial charge in [-0.05, 0) is 42.8 Å². The number of amides is 1. The first-order valence-electron chi connectivity index (χ1n) is 7.88. The first-order chi connectivity index (χ1) is 12.5. The largest absolute Gasteiger partial charge is 0.493 e. The van der Waals surface area contributed by atoms with Crippen LogP contribution in [0.25, 0.3) is 6.08 Å². The second kappa shape index (κ2) is 8.24. The molecule has 0 N–H and O–H groups in total. The van der Waals surface area contributed by atoms with Crippen LogP contribution in [0.2, 0.25) is 0 Å². The van der Waals surface area contributed by atoms with Crippen LogP contribution >= 0.6 is 39.9 Å². The van der Waals surface area contributed by atoms with Gasteiger partial charge in [-0.25, -0.2) is 0 Å². The van der Waals surface area contributed by atoms with Crippen LogP contribution < -0.4 is 14.4 Å². The third-order valence-corrected chi connectivity index (χ3v) is 5.67. The number of ether oxygens (including phenoxy) is 2. The fourth-order valence-corrected chi connectivity index (χ4v) is 4.22. The second-order valence-electron chi connectivity index (χ2n) is 5.31. The lowest BCUT2D eigenvalue weighted by Gasteiger charge is -2.14. The van der Waals surface area contributed by atoms with Gasteiger partial charge in [-0.1, -0.05) is 58.1 Å². The quantitative estimate of drug-likeness (QED) is 0.459. The van der Waals surface area contributed by atoms with Crippen LogP contribution in [0.1, 0.15) is 12.5 Å². The molecule has 7 heteroatoms. The Morgan fingerprint density at radius 1 is 1.23 bits per heavy atom. The Bertz CT molecular complexity index is 884. The Labute approximate surface area is 170 Å². The minimum Gasteiger partial charge on any atom is -0.493 e. The molecule has 2 aromatic rings. The maximum atomic E-state index is 12.8. The Balaban J connectivity index is 1.97. The molecule has 0 radical (unpaired) electrons. The zero-order chi connectivity index (χ0) is 18.7. The summed E-state index contributed by atoms with van der Waals surface area (Å²) >= 11 is 10.2. The lowest BCUT2D eigenvalue weighted by atomic mass is 10.1. The number of halogens is 1. The van der Waals surface area contributed by atoms with Crippen molar-refractivity contribution in [1.82, 2.24) is 0 Å². The molecule has 0 aliphatic carbocycles. The molecule has 0 spiro atoms. The predicted molar refractivity (Wildman–Crippen MR) is 114 cm³/mol. The van der Waals surface area contributed by atoms with Crippen molar-refractivity contribution in [3.8, 4) is 11.5 Å². The van der Waals surface area contributed by atoms with Crippen LogP contribution in [0.3, 0.4) is 0 Å². The molecule has 1 aliphatic rings. The molecule has 3 rings (SSSR count). The van der Waals surface area contributed by atoms with Gasteiger partial charge in [0.05, 0.1) is 24.3 Å². The zero-order valence-corrected chi connectivity index (χ0v) is 17.4. The fourth-order valence-electron chi connectivity index (χ4n) is 2.50. The summed E-state index contributed by atoms with van der Waals surface area (Å²) in [5, 5.41) is 0. The number of thioether (sulfide) groups is 1. The molecule has 0 aromatic heterocycles. The maximum absolute atomic E-state index is 12.8. The summed E-state index contributed by atoms with van der Waals surface area (Å²) in [6.45, 7) is 2.43. The molecule has 1 aliphatic heterocycles. The van der Waals surface area contributed by atoms with Gasteiger partial charge in [0.25, 0.3) is 5.91 Å². The molecule has 0 atom stereocenters. The van der Waals surface area contributed by atoms with Crippen molar-refractivity contribution in [1.29, 1.82) is 0 Å². The Kier molecular flexibility index (Phi) is 6.01. The van der Waals surface area contributed by atoms with Crippen molar-refractivity contribution in [2.45, 2.75) is 6.92 Å². The van der Waals surface area contributed by atoms with Gasteiger partial charge in [0.1, 0.15) is 0 Å². The minimum absolute atomic E-state index is 0.133. The number of rotatable bonds is 5. The number of hydrogen-bond acceptors (Lipinski definition) is 5. The maximum Gasteiger partial charge on any atom is 0.270 e. The average molecular weight is 450 g/mol. The third kappa shape index (κ3) is 3.79. The minimum atomic E-state index is -0.133. The number of benzene rings is 2. The molecule has 1 saturated heterocycles. The van der Waals surface area contributed by atoms with Crippen LogP contribution in [0, 0.1) is 0 Å². The van der Waals surface area contributed by atoms with Gasteiger partial charge in [0.2, 0.25) is 0 Å². The molecular weight excluding hydrogens is 434 g/mol.